The lowest BCUT2D eigenvalue weighted by molar-refractivity contribution is -0.134. The van der Waals surface area contributed by atoms with E-state index in [4.69, 9.17) is 9.73 Å². The molecule has 4 rings (SSSR count). The van der Waals surface area contributed by atoms with E-state index in [0.717, 1.165) is 31.2 Å². The zero-order valence-electron chi connectivity index (χ0n) is 19.0. The number of anilines is 1. The second-order valence-electron chi connectivity index (χ2n) is 8.70. The summed E-state index contributed by atoms with van der Waals surface area (Å²) in [5.41, 5.74) is 1.11. The molecule has 1 spiro atoms. The number of nitrogens with zero attached hydrogens (tertiary/aromatic N) is 2. The van der Waals surface area contributed by atoms with Crippen molar-refractivity contribution in [1.29, 1.82) is 0 Å². The van der Waals surface area contributed by atoms with Gasteiger partial charge in [0, 0.05) is 5.56 Å². The maximum Gasteiger partial charge on any atom is 0.340 e. The number of hydrogen-bond acceptors (Lipinski definition) is 5. The monoisotopic (exact) mass is 447 g/mol. The summed E-state index contributed by atoms with van der Waals surface area (Å²) in [6.07, 6.45) is 3.34. The van der Waals surface area contributed by atoms with Crippen molar-refractivity contribution in [2.45, 2.75) is 45.2 Å². The summed E-state index contributed by atoms with van der Waals surface area (Å²) in [7, 11) is 0. The highest BCUT2D eigenvalue weighted by Crippen LogP contribution is 2.41. The van der Waals surface area contributed by atoms with Gasteiger partial charge in [0.25, 0.3) is 5.91 Å². The first-order chi connectivity index (χ1) is 15.9. The summed E-state index contributed by atoms with van der Waals surface area (Å²) < 4.78 is 5.09. The number of hydrogen-bond donors (Lipinski definition) is 1. The number of rotatable bonds is 6. The predicted octanol–water partition coefficient (Wildman–Crippen LogP) is 4.04. The summed E-state index contributed by atoms with van der Waals surface area (Å²) in [5, 5.41) is 2.80. The van der Waals surface area contributed by atoms with Gasteiger partial charge in [-0.25, -0.2) is 4.79 Å². The van der Waals surface area contributed by atoms with Crippen LogP contribution in [0.15, 0.2) is 59.6 Å². The Kier molecular flexibility index (Phi) is 6.58. The molecule has 2 amide bonds. The Labute approximate surface area is 193 Å². The van der Waals surface area contributed by atoms with E-state index in [-0.39, 0.29) is 30.5 Å². The van der Waals surface area contributed by atoms with E-state index in [1.165, 1.54) is 0 Å². The summed E-state index contributed by atoms with van der Waals surface area (Å²) in [6.45, 7) is 4.04. The Balaban J connectivity index is 1.57. The minimum Gasteiger partial charge on any atom is -0.462 e. The number of ether oxygens (including phenoxy) is 1. The maximum atomic E-state index is 13.5. The first-order valence-electron chi connectivity index (χ1n) is 11.5. The van der Waals surface area contributed by atoms with Crippen molar-refractivity contribution in [3.8, 4) is 0 Å². The number of para-hydroxylation sites is 1. The van der Waals surface area contributed by atoms with Crippen LogP contribution in [0.2, 0.25) is 0 Å². The quantitative estimate of drug-likeness (QED) is 0.677. The number of aliphatic imine (C=N–C) groups is 1. The van der Waals surface area contributed by atoms with Crippen LogP contribution in [0, 0.1) is 5.92 Å². The molecule has 0 aromatic heterocycles. The largest absolute Gasteiger partial charge is 0.462 e. The van der Waals surface area contributed by atoms with Crippen molar-refractivity contribution in [1.82, 2.24) is 4.90 Å². The first-order valence-corrected chi connectivity index (χ1v) is 11.5. The Morgan fingerprint density at radius 3 is 2.45 bits per heavy atom. The average molecular weight is 448 g/mol. The van der Waals surface area contributed by atoms with Crippen molar-refractivity contribution >= 4 is 29.2 Å². The van der Waals surface area contributed by atoms with Crippen LogP contribution in [0.25, 0.3) is 0 Å². The van der Waals surface area contributed by atoms with Gasteiger partial charge in [-0.05, 0) is 50.7 Å². The lowest BCUT2D eigenvalue weighted by Gasteiger charge is -2.40. The summed E-state index contributed by atoms with van der Waals surface area (Å²) in [6, 6.07) is 16.1. The maximum absolute atomic E-state index is 13.5. The molecule has 33 heavy (non-hydrogen) atoms. The molecule has 1 aliphatic heterocycles. The fraction of sp³-hybridized carbons (Fsp3) is 0.385. The molecule has 0 saturated heterocycles. The molecule has 1 fully saturated rings. The van der Waals surface area contributed by atoms with Gasteiger partial charge in [0.15, 0.2) is 0 Å². The zero-order chi connectivity index (χ0) is 23.4. The van der Waals surface area contributed by atoms with Crippen LogP contribution >= 0.6 is 0 Å². The molecular weight excluding hydrogens is 418 g/mol. The molecule has 172 valence electrons. The highest BCUT2D eigenvalue weighted by atomic mass is 16.5. The van der Waals surface area contributed by atoms with Gasteiger partial charge in [0.2, 0.25) is 5.91 Å². The second-order valence-corrected chi connectivity index (χ2v) is 8.70. The predicted molar refractivity (Wildman–Crippen MR) is 126 cm³/mol. The van der Waals surface area contributed by atoms with Crippen LogP contribution < -0.4 is 5.32 Å². The van der Waals surface area contributed by atoms with Crippen molar-refractivity contribution in [3.63, 3.8) is 0 Å². The summed E-state index contributed by atoms with van der Waals surface area (Å²) in [5.74, 6) is -0.542. The lowest BCUT2D eigenvalue weighted by atomic mass is 9.82. The molecule has 1 aliphatic carbocycles. The number of carbonyl (C=O) groups is 3. The zero-order valence-corrected chi connectivity index (χ0v) is 19.0. The SMILES string of the molecule is CCOC(=O)c1ccccc1NC(=O)CN1C(=O)C(c2ccccc2)=NC12CCC(C)CC2. The van der Waals surface area contributed by atoms with Crippen LogP contribution in [0.5, 0.6) is 0 Å². The van der Waals surface area contributed by atoms with Crippen molar-refractivity contribution in [2.75, 3.05) is 18.5 Å². The van der Waals surface area contributed by atoms with Crippen LogP contribution in [-0.4, -0.2) is 47.2 Å². The van der Waals surface area contributed by atoms with Gasteiger partial charge in [-0.15, -0.1) is 0 Å². The number of amides is 2. The second kappa shape index (κ2) is 9.57. The van der Waals surface area contributed by atoms with E-state index in [1.807, 2.05) is 30.3 Å². The molecule has 1 heterocycles. The van der Waals surface area contributed by atoms with Crippen molar-refractivity contribution < 1.29 is 19.1 Å². The van der Waals surface area contributed by atoms with Gasteiger partial charge < -0.3 is 15.0 Å². The molecular formula is C26H29N3O4. The van der Waals surface area contributed by atoms with Crippen molar-refractivity contribution in [3.05, 3.63) is 65.7 Å². The Morgan fingerprint density at radius 2 is 1.76 bits per heavy atom. The third-order valence-electron chi connectivity index (χ3n) is 6.39. The normalized spacial score (nSPS) is 22.2. The average Bonchev–Trinajstić information content (AvgIpc) is 3.08. The van der Waals surface area contributed by atoms with E-state index < -0.39 is 11.6 Å². The van der Waals surface area contributed by atoms with Crippen LogP contribution in [0.3, 0.4) is 0 Å². The van der Waals surface area contributed by atoms with Gasteiger partial charge in [-0.2, -0.15) is 0 Å². The molecule has 0 unspecified atom stereocenters. The van der Waals surface area contributed by atoms with E-state index in [1.54, 1.807) is 36.1 Å². The van der Waals surface area contributed by atoms with E-state index >= 15 is 0 Å². The van der Waals surface area contributed by atoms with E-state index in [0.29, 0.717) is 17.3 Å². The highest BCUT2D eigenvalue weighted by Gasteiger charge is 2.49. The number of benzene rings is 2. The summed E-state index contributed by atoms with van der Waals surface area (Å²) >= 11 is 0. The fourth-order valence-electron chi connectivity index (χ4n) is 4.55. The smallest absolute Gasteiger partial charge is 0.340 e. The molecule has 0 atom stereocenters. The Morgan fingerprint density at radius 1 is 1.09 bits per heavy atom. The van der Waals surface area contributed by atoms with E-state index in [9.17, 15) is 14.4 Å². The van der Waals surface area contributed by atoms with Crippen molar-refractivity contribution in [2.24, 2.45) is 10.9 Å². The van der Waals surface area contributed by atoms with Gasteiger partial charge in [-0.3, -0.25) is 14.6 Å². The number of nitrogens with one attached hydrogen (secondary N) is 1. The molecule has 2 aliphatic rings. The molecule has 2 aromatic rings. The fourth-order valence-corrected chi connectivity index (χ4v) is 4.55. The molecule has 2 aromatic carbocycles. The van der Waals surface area contributed by atoms with Crippen LogP contribution in [0.1, 0.15) is 55.5 Å². The molecule has 1 N–H and O–H groups in total. The van der Waals surface area contributed by atoms with Gasteiger partial charge in [0.05, 0.1) is 17.9 Å². The molecule has 7 nitrogen and oxygen atoms in total. The number of carbonyl (C=O) groups excluding carboxylic acids is 3. The van der Waals surface area contributed by atoms with Gasteiger partial charge in [0.1, 0.15) is 17.9 Å². The molecule has 7 heteroatoms. The standard InChI is InChI=1S/C26H29N3O4/c1-3-33-25(32)20-11-7-8-12-21(20)27-22(30)17-29-24(31)23(19-9-5-4-6-10-19)28-26(29)15-13-18(2)14-16-26/h4-12,18H,3,13-17H2,1-2H3,(H,27,30). The topological polar surface area (TPSA) is 88.1 Å². The first kappa shape index (κ1) is 22.7. The Hall–Kier alpha value is -3.48. The third kappa shape index (κ3) is 4.67. The van der Waals surface area contributed by atoms with Gasteiger partial charge in [-0.1, -0.05) is 49.4 Å². The van der Waals surface area contributed by atoms with Crippen LogP contribution in [0.4, 0.5) is 5.69 Å². The lowest BCUT2D eigenvalue weighted by Crippen LogP contribution is -2.51. The molecule has 1 saturated carbocycles. The van der Waals surface area contributed by atoms with Gasteiger partial charge >= 0.3 is 5.97 Å². The minimum absolute atomic E-state index is 0.135. The molecule has 0 radical (unpaired) electrons. The van der Waals surface area contributed by atoms with Crippen LogP contribution in [-0.2, 0) is 14.3 Å². The third-order valence-corrected chi connectivity index (χ3v) is 6.39. The molecule has 0 bridgehead atoms. The minimum atomic E-state index is -0.702. The Bertz CT molecular complexity index is 1070. The number of esters is 1. The van der Waals surface area contributed by atoms with E-state index in [2.05, 4.69) is 12.2 Å². The highest BCUT2D eigenvalue weighted by molar-refractivity contribution is 6.47. The summed E-state index contributed by atoms with van der Waals surface area (Å²) in [4.78, 5) is 45.3.